The van der Waals surface area contributed by atoms with Crippen LogP contribution in [0.2, 0.25) is 0 Å². The van der Waals surface area contributed by atoms with E-state index in [-0.39, 0.29) is 0 Å². The molecule has 0 fully saturated rings. The zero-order chi connectivity index (χ0) is 12.5. The van der Waals surface area contributed by atoms with Crippen LogP contribution in [0.25, 0.3) is 0 Å². The molecule has 0 aromatic heterocycles. The van der Waals surface area contributed by atoms with Crippen molar-refractivity contribution in [3.05, 3.63) is 29.8 Å². The zero-order valence-corrected chi connectivity index (χ0v) is 11.7. The molecule has 1 heteroatoms. The van der Waals surface area contributed by atoms with Crippen LogP contribution < -0.4 is 4.90 Å². The maximum Gasteiger partial charge on any atom is 0.0393 e. The third kappa shape index (κ3) is 5.25. The van der Waals surface area contributed by atoms with Crippen molar-refractivity contribution in [1.82, 2.24) is 0 Å². The molecule has 0 atom stereocenters. The lowest BCUT2D eigenvalue weighted by Crippen LogP contribution is -2.19. The van der Waals surface area contributed by atoms with E-state index in [0.717, 1.165) is 0 Å². The summed E-state index contributed by atoms with van der Waals surface area (Å²) < 4.78 is 0. The van der Waals surface area contributed by atoms with E-state index in [1.165, 1.54) is 56.3 Å². The van der Waals surface area contributed by atoms with Gasteiger partial charge in [0.05, 0.1) is 0 Å². The minimum Gasteiger partial charge on any atom is -0.374 e. The van der Waals surface area contributed by atoms with E-state index >= 15 is 0 Å². The molecule has 1 nitrogen and oxygen atoms in total. The molecule has 0 heterocycles. The molecule has 1 rings (SSSR count). The van der Waals surface area contributed by atoms with Crippen molar-refractivity contribution in [2.24, 2.45) is 0 Å². The minimum atomic E-state index is 1.18. The van der Waals surface area contributed by atoms with Gasteiger partial charge in [-0.1, -0.05) is 57.2 Å². The van der Waals surface area contributed by atoms with Crippen LogP contribution >= 0.6 is 0 Å². The SMILES string of the molecule is CCCCCCCCN(C)c1ccccc1C. The minimum absolute atomic E-state index is 1.18. The fourth-order valence-electron chi connectivity index (χ4n) is 2.24. The van der Waals surface area contributed by atoms with Crippen molar-refractivity contribution < 1.29 is 0 Å². The summed E-state index contributed by atoms with van der Waals surface area (Å²) in [7, 11) is 2.20. The highest BCUT2D eigenvalue weighted by Crippen LogP contribution is 2.18. The molecule has 1 aromatic rings. The number of unbranched alkanes of at least 4 members (excludes halogenated alkanes) is 5. The van der Waals surface area contributed by atoms with E-state index in [0.29, 0.717) is 0 Å². The maximum atomic E-state index is 2.38. The Labute approximate surface area is 107 Å². The molecule has 0 amide bonds. The molecule has 0 saturated heterocycles. The molecule has 1 aromatic carbocycles. The third-order valence-corrected chi connectivity index (χ3v) is 3.37. The predicted molar refractivity (Wildman–Crippen MR) is 77.8 cm³/mol. The number of aryl methyl sites for hydroxylation is 1. The van der Waals surface area contributed by atoms with Gasteiger partial charge in [0.1, 0.15) is 0 Å². The molecule has 0 saturated carbocycles. The number of anilines is 1. The third-order valence-electron chi connectivity index (χ3n) is 3.37. The van der Waals surface area contributed by atoms with Crippen molar-refractivity contribution >= 4 is 5.69 Å². The van der Waals surface area contributed by atoms with E-state index in [1.54, 1.807) is 0 Å². The van der Waals surface area contributed by atoms with Crippen molar-refractivity contribution in [3.63, 3.8) is 0 Å². The van der Waals surface area contributed by atoms with Crippen LogP contribution in [-0.2, 0) is 0 Å². The van der Waals surface area contributed by atoms with Crippen molar-refractivity contribution in [3.8, 4) is 0 Å². The van der Waals surface area contributed by atoms with E-state index in [9.17, 15) is 0 Å². The van der Waals surface area contributed by atoms with Crippen LogP contribution in [-0.4, -0.2) is 13.6 Å². The second-order valence-electron chi connectivity index (χ2n) is 4.98. The molecule has 0 radical (unpaired) electrons. The molecule has 0 aliphatic heterocycles. The molecule has 0 unspecified atom stereocenters. The first-order valence-corrected chi connectivity index (χ1v) is 7.02. The number of rotatable bonds is 8. The summed E-state index contributed by atoms with van der Waals surface area (Å²) in [6.07, 6.45) is 8.22. The van der Waals surface area contributed by atoms with Gasteiger partial charge in [-0.15, -0.1) is 0 Å². The van der Waals surface area contributed by atoms with Gasteiger partial charge in [0, 0.05) is 19.3 Å². The summed E-state index contributed by atoms with van der Waals surface area (Å²) in [5.74, 6) is 0. The Hall–Kier alpha value is -0.980. The monoisotopic (exact) mass is 233 g/mol. The summed E-state index contributed by atoms with van der Waals surface area (Å²) in [5, 5.41) is 0. The van der Waals surface area contributed by atoms with Gasteiger partial charge in [-0.05, 0) is 25.0 Å². The number of nitrogens with zero attached hydrogens (tertiary/aromatic N) is 1. The molecule has 0 bridgehead atoms. The molecular weight excluding hydrogens is 206 g/mol. The number of para-hydroxylation sites is 1. The van der Waals surface area contributed by atoms with Gasteiger partial charge in [0.2, 0.25) is 0 Å². The Bertz CT molecular complexity index is 306. The lowest BCUT2D eigenvalue weighted by molar-refractivity contribution is 0.606. The van der Waals surface area contributed by atoms with E-state index in [4.69, 9.17) is 0 Å². The predicted octanol–water partition coefficient (Wildman–Crippen LogP) is 4.79. The quantitative estimate of drug-likeness (QED) is 0.583. The molecular formula is C16H27N. The standard InChI is InChI=1S/C16H27N/c1-4-5-6-7-8-11-14-17(3)16-13-10-9-12-15(16)2/h9-10,12-13H,4-8,11,14H2,1-3H3. The summed E-state index contributed by atoms with van der Waals surface area (Å²) >= 11 is 0. The first kappa shape index (κ1) is 14.1. The van der Waals surface area contributed by atoms with E-state index in [1.807, 2.05) is 0 Å². The highest BCUT2D eigenvalue weighted by Gasteiger charge is 2.02. The summed E-state index contributed by atoms with van der Waals surface area (Å²) in [6.45, 7) is 5.63. The average Bonchev–Trinajstić information content (AvgIpc) is 2.34. The van der Waals surface area contributed by atoms with E-state index < -0.39 is 0 Å². The molecule has 0 N–H and O–H groups in total. The Kier molecular flexibility index (Phi) is 6.76. The van der Waals surface area contributed by atoms with Crippen LogP contribution in [0.5, 0.6) is 0 Å². The van der Waals surface area contributed by atoms with Crippen LogP contribution in [0.15, 0.2) is 24.3 Å². The Morgan fingerprint density at radius 3 is 2.29 bits per heavy atom. The summed E-state index contributed by atoms with van der Waals surface area (Å²) in [5.41, 5.74) is 2.75. The topological polar surface area (TPSA) is 3.24 Å². The van der Waals surface area contributed by atoms with Crippen molar-refractivity contribution in [2.75, 3.05) is 18.5 Å². The average molecular weight is 233 g/mol. The Balaban J connectivity index is 2.21. The lowest BCUT2D eigenvalue weighted by atomic mass is 10.1. The fraction of sp³-hybridized carbons (Fsp3) is 0.625. The van der Waals surface area contributed by atoms with Gasteiger partial charge < -0.3 is 4.90 Å². The molecule has 0 aliphatic rings. The molecule has 96 valence electrons. The smallest absolute Gasteiger partial charge is 0.0393 e. The van der Waals surface area contributed by atoms with E-state index in [2.05, 4.69) is 50.1 Å². The van der Waals surface area contributed by atoms with Gasteiger partial charge >= 0.3 is 0 Å². The highest BCUT2D eigenvalue weighted by molar-refractivity contribution is 5.52. The van der Waals surface area contributed by atoms with Crippen LogP contribution in [0, 0.1) is 6.92 Å². The summed E-state index contributed by atoms with van der Waals surface area (Å²) in [6, 6.07) is 8.64. The second-order valence-corrected chi connectivity index (χ2v) is 4.98. The van der Waals surface area contributed by atoms with Gasteiger partial charge in [0.15, 0.2) is 0 Å². The Morgan fingerprint density at radius 2 is 1.59 bits per heavy atom. The first-order valence-electron chi connectivity index (χ1n) is 7.02. The second kappa shape index (κ2) is 8.16. The number of hydrogen-bond acceptors (Lipinski definition) is 1. The number of hydrogen-bond donors (Lipinski definition) is 0. The Morgan fingerprint density at radius 1 is 0.941 bits per heavy atom. The highest BCUT2D eigenvalue weighted by atomic mass is 15.1. The number of benzene rings is 1. The largest absolute Gasteiger partial charge is 0.374 e. The lowest BCUT2D eigenvalue weighted by Gasteiger charge is -2.21. The van der Waals surface area contributed by atoms with Crippen LogP contribution in [0.1, 0.15) is 51.0 Å². The van der Waals surface area contributed by atoms with Crippen molar-refractivity contribution in [1.29, 1.82) is 0 Å². The van der Waals surface area contributed by atoms with Gasteiger partial charge in [-0.3, -0.25) is 0 Å². The molecule has 0 spiro atoms. The van der Waals surface area contributed by atoms with Gasteiger partial charge in [-0.25, -0.2) is 0 Å². The maximum absolute atomic E-state index is 2.38. The van der Waals surface area contributed by atoms with Crippen LogP contribution in [0.4, 0.5) is 5.69 Å². The van der Waals surface area contributed by atoms with Crippen LogP contribution in [0.3, 0.4) is 0 Å². The normalized spacial score (nSPS) is 10.5. The molecule has 0 aliphatic carbocycles. The molecule has 17 heavy (non-hydrogen) atoms. The van der Waals surface area contributed by atoms with Gasteiger partial charge in [0.25, 0.3) is 0 Å². The van der Waals surface area contributed by atoms with Crippen molar-refractivity contribution in [2.45, 2.75) is 52.4 Å². The van der Waals surface area contributed by atoms with Gasteiger partial charge in [-0.2, -0.15) is 0 Å². The zero-order valence-electron chi connectivity index (χ0n) is 11.7. The summed E-state index contributed by atoms with van der Waals surface area (Å²) in [4.78, 5) is 2.38. The first-order chi connectivity index (χ1) is 8.25. The fourth-order valence-corrected chi connectivity index (χ4v) is 2.24.